The summed E-state index contributed by atoms with van der Waals surface area (Å²) in [5, 5.41) is 2.82. The molecule has 83 valence electrons. The fraction of sp³-hybridized carbons (Fsp3) is 0.312. The zero-order chi connectivity index (χ0) is 11.4. The van der Waals surface area contributed by atoms with Crippen molar-refractivity contribution >= 4 is 10.8 Å². The number of fused-ring (bicyclic) bond motifs is 1. The number of aryl methyl sites for hydroxylation is 2. The van der Waals surface area contributed by atoms with Crippen LogP contribution in [0.5, 0.6) is 0 Å². The Bertz CT molecular complexity index is 468. The lowest BCUT2D eigenvalue weighted by Gasteiger charge is -2.08. The molecule has 0 aliphatic carbocycles. The molecule has 0 spiro atoms. The molecule has 0 nitrogen and oxygen atoms in total. The first-order chi connectivity index (χ1) is 7.83. The quantitative estimate of drug-likeness (QED) is 0.643. The molecule has 0 aliphatic rings. The van der Waals surface area contributed by atoms with Crippen LogP contribution in [0.1, 0.15) is 30.4 Å². The van der Waals surface area contributed by atoms with Gasteiger partial charge in [-0.1, -0.05) is 56.2 Å². The zero-order valence-corrected chi connectivity index (χ0v) is 10.00. The van der Waals surface area contributed by atoms with Crippen molar-refractivity contribution < 1.29 is 0 Å². The van der Waals surface area contributed by atoms with E-state index in [1.54, 1.807) is 0 Å². The molecule has 0 heteroatoms. The molecule has 0 fully saturated rings. The Hall–Kier alpha value is -1.30. The monoisotopic (exact) mass is 211 g/mol. The molecule has 0 saturated carbocycles. The van der Waals surface area contributed by atoms with Gasteiger partial charge in [0.05, 0.1) is 0 Å². The minimum Gasteiger partial charge on any atom is -0.0616 e. The highest BCUT2D eigenvalue weighted by molar-refractivity contribution is 5.88. The molecule has 1 radical (unpaired) electrons. The predicted molar refractivity (Wildman–Crippen MR) is 71.6 cm³/mol. The average Bonchev–Trinajstić information content (AvgIpc) is 2.33. The SMILES string of the molecule is [CH2]CCCCc1ccc(C)c2ccccc12. The van der Waals surface area contributed by atoms with Crippen LogP contribution in [-0.4, -0.2) is 0 Å². The number of unbranched alkanes of at least 4 members (excludes halogenated alkanes) is 2. The van der Waals surface area contributed by atoms with Gasteiger partial charge < -0.3 is 0 Å². The Morgan fingerprint density at radius 3 is 2.44 bits per heavy atom. The molecule has 0 bridgehead atoms. The lowest BCUT2D eigenvalue weighted by Crippen LogP contribution is -1.89. The molecular formula is C16H19. The molecule has 0 unspecified atom stereocenters. The van der Waals surface area contributed by atoms with E-state index in [-0.39, 0.29) is 0 Å². The maximum Gasteiger partial charge on any atom is -0.0149 e. The van der Waals surface area contributed by atoms with E-state index in [9.17, 15) is 0 Å². The standard InChI is InChI=1S/C16H19/c1-3-4-5-8-14-12-11-13(2)15-9-6-7-10-16(14)15/h6-7,9-12H,1,3-5,8H2,2H3. The van der Waals surface area contributed by atoms with Gasteiger partial charge in [0.15, 0.2) is 0 Å². The van der Waals surface area contributed by atoms with E-state index in [1.165, 1.54) is 41.2 Å². The summed E-state index contributed by atoms with van der Waals surface area (Å²) in [4.78, 5) is 0. The van der Waals surface area contributed by atoms with Gasteiger partial charge in [0.2, 0.25) is 0 Å². The summed E-state index contributed by atoms with van der Waals surface area (Å²) in [5.41, 5.74) is 2.85. The van der Waals surface area contributed by atoms with Gasteiger partial charge >= 0.3 is 0 Å². The van der Waals surface area contributed by atoms with Crippen molar-refractivity contribution in [3.8, 4) is 0 Å². The maximum absolute atomic E-state index is 3.89. The smallest absolute Gasteiger partial charge is 0.0149 e. The van der Waals surface area contributed by atoms with Crippen LogP contribution in [0.2, 0.25) is 0 Å². The van der Waals surface area contributed by atoms with Gasteiger partial charge in [-0.25, -0.2) is 0 Å². The van der Waals surface area contributed by atoms with E-state index in [1.807, 2.05) is 0 Å². The van der Waals surface area contributed by atoms with Crippen LogP contribution in [0.25, 0.3) is 10.8 Å². The summed E-state index contributed by atoms with van der Waals surface area (Å²) in [6.07, 6.45) is 4.69. The first-order valence-corrected chi connectivity index (χ1v) is 6.09. The molecule has 2 aromatic carbocycles. The highest BCUT2D eigenvalue weighted by Crippen LogP contribution is 2.23. The summed E-state index contributed by atoms with van der Waals surface area (Å²) in [6, 6.07) is 13.2. The highest BCUT2D eigenvalue weighted by atomic mass is 14.1. The van der Waals surface area contributed by atoms with Gasteiger partial charge in [0.1, 0.15) is 0 Å². The first kappa shape index (κ1) is 11.2. The summed E-state index contributed by atoms with van der Waals surface area (Å²) < 4.78 is 0. The van der Waals surface area contributed by atoms with E-state index in [0.717, 1.165) is 6.42 Å². The summed E-state index contributed by atoms with van der Waals surface area (Å²) in [6.45, 7) is 6.08. The lowest BCUT2D eigenvalue weighted by molar-refractivity contribution is 0.749. The van der Waals surface area contributed by atoms with Crippen LogP contribution in [-0.2, 0) is 6.42 Å². The van der Waals surface area contributed by atoms with Crippen LogP contribution in [0.3, 0.4) is 0 Å². The van der Waals surface area contributed by atoms with Crippen molar-refractivity contribution in [1.82, 2.24) is 0 Å². The number of hydrogen-bond acceptors (Lipinski definition) is 0. The molecule has 16 heavy (non-hydrogen) atoms. The Kier molecular flexibility index (Phi) is 3.61. The predicted octanol–water partition coefficient (Wildman–Crippen LogP) is 4.70. The van der Waals surface area contributed by atoms with E-state index in [4.69, 9.17) is 0 Å². The van der Waals surface area contributed by atoms with Gasteiger partial charge in [0.25, 0.3) is 0 Å². The second kappa shape index (κ2) is 5.16. The second-order valence-electron chi connectivity index (χ2n) is 4.40. The van der Waals surface area contributed by atoms with E-state index < -0.39 is 0 Å². The van der Waals surface area contributed by atoms with Crippen molar-refractivity contribution in [3.05, 3.63) is 54.4 Å². The Morgan fingerprint density at radius 1 is 0.938 bits per heavy atom. The number of hydrogen-bond donors (Lipinski definition) is 0. The highest BCUT2D eigenvalue weighted by Gasteiger charge is 2.02. The van der Waals surface area contributed by atoms with Crippen molar-refractivity contribution in [3.63, 3.8) is 0 Å². The minimum absolute atomic E-state index is 1.05. The van der Waals surface area contributed by atoms with E-state index in [0.29, 0.717) is 0 Å². The molecule has 0 aromatic heterocycles. The molecular weight excluding hydrogens is 192 g/mol. The van der Waals surface area contributed by atoms with Crippen LogP contribution >= 0.6 is 0 Å². The van der Waals surface area contributed by atoms with Crippen LogP contribution in [0.4, 0.5) is 0 Å². The number of rotatable bonds is 4. The second-order valence-corrected chi connectivity index (χ2v) is 4.40. The topological polar surface area (TPSA) is 0 Å². The third kappa shape index (κ3) is 2.27. The van der Waals surface area contributed by atoms with Crippen molar-refractivity contribution in [1.29, 1.82) is 0 Å². The normalized spacial score (nSPS) is 10.9. The fourth-order valence-electron chi connectivity index (χ4n) is 2.22. The van der Waals surface area contributed by atoms with Gasteiger partial charge in [0, 0.05) is 0 Å². The Labute approximate surface area is 98.3 Å². The molecule has 0 amide bonds. The Balaban J connectivity index is 2.35. The van der Waals surface area contributed by atoms with Crippen LogP contribution in [0, 0.1) is 13.8 Å². The summed E-state index contributed by atoms with van der Waals surface area (Å²) in [5.74, 6) is 0. The first-order valence-electron chi connectivity index (χ1n) is 6.09. The fourth-order valence-corrected chi connectivity index (χ4v) is 2.22. The van der Waals surface area contributed by atoms with Crippen molar-refractivity contribution in [2.45, 2.75) is 32.6 Å². The van der Waals surface area contributed by atoms with Crippen molar-refractivity contribution in [2.75, 3.05) is 0 Å². The number of benzene rings is 2. The van der Waals surface area contributed by atoms with E-state index >= 15 is 0 Å². The molecule has 0 heterocycles. The summed E-state index contributed by atoms with van der Waals surface area (Å²) in [7, 11) is 0. The lowest BCUT2D eigenvalue weighted by atomic mass is 9.97. The Morgan fingerprint density at radius 2 is 1.69 bits per heavy atom. The summed E-state index contributed by atoms with van der Waals surface area (Å²) >= 11 is 0. The molecule has 0 saturated heterocycles. The van der Waals surface area contributed by atoms with Gasteiger partial charge in [-0.2, -0.15) is 0 Å². The molecule has 2 aromatic rings. The maximum atomic E-state index is 3.89. The van der Waals surface area contributed by atoms with Crippen LogP contribution in [0.15, 0.2) is 36.4 Å². The molecule has 0 atom stereocenters. The van der Waals surface area contributed by atoms with Crippen LogP contribution < -0.4 is 0 Å². The third-order valence-corrected chi connectivity index (χ3v) is 3.18. The molecule has 2 rings (SSSR count). The zero-order valence-electron chi connectivity index (χ0n) is 10.00. The molecule has 0 aliphatic heterocycles. The van der Waals surface area contributed by atoms with E-state index in [2.05, 4.69) is 50.2 Å². The van der Waals surface area contributed by atoms with Gasteiger partial charge in [-0.3, -0.25) is 0 Å². The van der Waals surface area contributed by atoms with Crippen molar-refractivity contribution in [2.24, 2.45) is 0 Å². The average molecular weight is 211 g/mol. The van der Waals surface area contributed by atoms with Gasteiger partial charge in [-0.05, 0) is 41.7 Å². The third-order valence-electron chi connectivity index (χ3n) is 3.18. The molecule has 0 N–H and O–H groups in total. The minimum atomic E-state index is 1.05. The van der Waals surface area contributed by atoms with Gasteiger partial charge in [-0.15, -0.1) is 0 Å². The largest absolute Gasteiger partial charge is 0.0616 e.